The molecular weight excluding hydrogens is 382 g/mol. The number of nitrogens with zero attached hydrogens (tertiary/aromatic N) is 3. The van der Waals surface area contributed by atoms with E-state index in [1.54, 1.807) is 12.0 Å². The minimum Gasteiger partial charge on any atom is -0.497 e. The van der Waals surface area contributed by atoms with Gasteiger partial charge in [0.05, 0.1) is 18.5 Å². The summed E-state index contributed by atoms with van der Waals surface area (Å²) in [4.78, 5) is 26.3. The molecule has 7 nitrogen and oxygen atoms in total. The first-order valence-electron chi connectivity index (χ1n) is 10.3. The quantitative estimate of drug-likeness (QED) is 0.585. The molecule has 0 aliphatic carbocycles. The molecule has 1 aromatic carbocycles. The number of aryl methyl sites for hydroxylation is 1. The zero-order valence-corrected chi connectivity index (χ0v) is 19.1. The summed E-state index contributed by atoms with van der Waals surface area (Å²) in [6.45, 7) is 11.5. The summed E-state index contributed by atoms with van der Waals surface area (Å²) >= 11 is 0. The Morgan fingerprint density at radius 1 is 1.13 bits per heavy atom. The largest absolute Gasteiger partial charge is 0.497 e. The maximum Gasteiger partial charge on any atom is 0.306 e. The molecule has 0 saturated carbocycles. The molecule has 164 valence electrons. The van der Waals surface area contributed by atoms with E-state index < -0.39 is 0 Å². The molecule has 0 N–H and O–H groups in total. The summed E-state index contributed by atoms with van der Waals surface area (Å²) < 4.78 is 12.4. The van der Waals surface area contributed by atoms with Crippen LogP contribution in [0.1, 0.15) is 51.1 Å². The Morgan fingerprint density at radius 3 is 2.40 bits per heavy atom. The maximum atomic E-state index is 12.4. The normalized spacial score (nSPS) is 11.1. The van der Waals surface area contributed by atoms with E-state index in [1.165, 1.54) is 0 Å². The van der Waals surface area contributed by atoms with E-state index in [4.69, 9.17) is 9.47 Å². The molecule has 2 rings (SSSR count). The first kappa shape index (κ1) is 23.4. The molecule has 1 amide bonds. The van der Waals surface area contributed by atoms with E-state index in [-0.39, 0.29) is 37.0 Å². The molecule has 0 unspecified atom stereocenters. The summed E-state index contributed by atoms with van der Waals surface area (Å²) in [6.07, 6.45) is 0.703. The van der Waals surface area contributed by atoms with Crippen LogP contribution in [0.3, 0.4) is 0 Å². The molecule has 0 spiro atoms. The van der Waals surface area contributed by atoms with Gasteiger partial charge in [-0.3, -0.25) is 9.59 Å². The topological polar surface area (TPSA) is 73.7 Å². The number of amides is 1. The second-order valence-electron chi connectivity index (χ2n) is 7.91. The van der Waals surface area contributed by atoms with Crippen LogP contribution in [0.2, 0.25) is 0 Å². The Kier molecular flexibility index (Phi) is 8.03. The molecule has 0 aliphatic rings. The van der Waals surface area contributed by atoms with Crippen molar-refractivity contribution >= 4 is 11.9 Å². The summed E-state index contributed by atoms with van der Waals surface area (Å²) in [6, 6.07) is 7.79. The van der Waals surface area contributed by atoms with E-state index in [1.807, 2.05) is 70.5 Å². The number of hydrogen-bond acceptors (Lipinski definition) is 5. The third-order valence-electron chi connectivity index (χ3n) is 5.08. The number of benzene rings is 1. The third-order valence-corrected chi connectivity index (χ3v) is 5.08. The number of rotatable bonds is 9. The zero-order chi connectivity index (χ0) is 22.4. The number of methoxy groups -OCH3 is 1. The summed E-state index contributed by atoms with van der Waals surface area (Å²) in [5, 5.41) is 4.62. The van der Waals surface area contributed by atoms with Crippen molar-refractivity contribution in [2.75, 3.05) is 13.7 Å². The standard InChI is InChI=1S/C23H33N3O4/c1-15(2)25(16(3)4)22(27)14-30-23(28)12-11-21-17(5)24-26(18(21)6)19-9-8-10-20(13-19)29-7/h8-10,13,15-16H,11-12,14H2,1-7H3. The molecule has 0 atom stereocenters. The van der Waals surface area contributed by atoms with Crippen molar-refractivity contribution in [2.45, 2.75) is 66.5 Å². The monoisotopic (exact) mass is 415 g/mol. The molecule has 1 heterocycles. The third kappa shape index (κ3) is 5.62. The minimum absolute atomic E-state index is 0.0592. The highest BCUT2D eigenvalue weighted by Crippen LogP contribution is 2.22. The van der Waals surface area contributed by atoms with Crippen LogP contribution in [-0.4, -0.2) is 52.4 Å². The van der Waals surface area contributed by atoms with Gasteiger partial charge in [0.2, 0.25) is 0 Å². The molecule has 0 saturated heterocycles. The number of carbonyl (C=O) groups is 2. The molecule has 2 aromatic rings. The number of hydrogen-bond donors (Lipinski definition) is 0. The van der Waals surface area contributed by atoms with Gasteiger partial charge in [0.15, 0.2) is 6.61 Å². The van der Waals surface area contributed by atoms with Crippen molar-refractivity contribution in [3.05, 3.63) is 41.2 Å². The molecule has 0 bridgehead atoms. The van der Waals surface area contributed by atoms with Gasteiger partial charge >= 0.3 is 5.97 Å². The first-order valence-corrected chi connectivity index (χ1v) is 10.3. The summed E-state index contributed by atoms with van der Waals surface area (Å²) in [5.41, 5.74) is 3.74. The Bertz CT molecular complexity index is 879. The lowest BCUT2D eigenvalue weighted by Gasteiger charge is -2.30. The highest BCUT2D eigenvalue weighted by atomic mass is 16.5. The predicted octanol–water partition coefficient (Wildman–Crippen LogP) is 3.62. The van der Waals surface area contributed by atoms with E-state index in [9.17, 15) is 9.59 Å². The fourth-order valence-electron chi connectivity index (χ4n) is 3.72. The summed E-state index contributed by atoms with van der Waals surface area (Å²) in [5.74, 6) is 0.196. The van der Waals surface area contributed by atoms with Gasteiger partial charge in [0, 0.05) is 30.3 Å². The average Bonchev–Trinajstić information content (AvgIpc) is 2.98. The van der Waals surface area contributed by atoms with Crippen molar-refractivity contribution < 1.29 is 19.1 Å². The van der Waals surface area contributed by atoms with Crippen molar-refractivity contribution in [3.63, 3.8) is 0 Å². The van der Waals surface area contributed by atoms with Gasteiger partial charge in [-0.2, -0.15) is 5.10 Å². The van der Waals surface area contributed by atoms with Crippen LogP contribution in [0.15, 0.2) is 24.3 Å². The molecule has 30 heavy (non-hydrogen) atoms. The Morgan fingerprint density at radius 2 is 1.80 bits per heavy atom. The van der Waals surface area contributed by atoms with Crippen LogP contribution in [0.4, 0.5) is 0 Å². The van der Waals surface area contributed by atoms with Gasteiger partial charge in [0.1, 0.15) is 5.75 Å². The minimum atomic E-state index is -0.385. The fourth-order valence-corrected chi connectivity index (χ4v) is 3.72. The van der Waals surface area contributed by atoms with Crippen molar-refractivity contribution in [1.82, 2.24) is 14.7 Å². The van der Waals surface area contributed by atoms with Crippen molar-refractivity contribution in [2.24, 2.45) is 0 Å². The Labute approximate surface area is 179 Å². The van der Waals surface area contributed by atoms with Crippen LogP contribution in [0.25, 0.3) is 5.69 Å². The van der Waals surface area contributed by atoms with E-state index in [0.717, 1.165) is 28.4 Å². The van der Waals surface area contributed by atoms with E-state index in [0.29, 0.717) is 6.42 Å². The van der Waals surface area contributed by atoms with Gasteiger partial charge < -0.3 is 14.4 Å². The van der Waals surface area contributed by atoms with Crippen molar-refractivity contribution in [3.8, 4) is 11.4 Å². The highest BCUT2D eigenvalue weighted by Gasteiger charge is 2.21. The smallest absolute Gasteiger partial charge is 0.306 e. The lowest BCUT2D eigenvalue weighted by molar-refractivity contribution is -0.153. The summed E-state index contributed by atoms with van der Waals surface area (Å²) in [7, 11) is 1.63. The number of ether oxygens (including phenoxy) is 2. The van der Waals surface area contributed by atoms with Gasteiger partial charge in [-0.15, -0.1) is 0 Å². The Hall–Kier alpha value is -2.83. The van der Waals surface area contributed by atoms with Gasteiger partial charge in [-0.05, 0) is 65.7 Å². The number of aromatic nitrogens is 2. The van der Waals surface area contributed by atoms with E-state index >= 15 is 0 Å². The lowest BCUT2D eigenvalue weighted by atomic mass is 10.1. The molecule has 0 aliphatic heterocycles. The molecule has 0 fully saturated rings. The molecule has 7 heteroatoms. The van der Waals surface area contributed by atoms with Gasteiger partial charge in [-0.1, -0.05) is 6.07 Å². The van der Waals surface area contributed by atoms with Crippen LogP contribution in [-0.2, 0) is 20.7 Å². The maximum absolute atomic E-state index is 12.4. The highest BCUT2D eigenvalue weighted by molar-refractivity contribution is 5.81. The van der Waals surface area contributed by atoms with Crippen LogP contribution in [0, 0.1) is 13.8 Å². The number of carbonyl (C=O) groups excluding carboxylic acids is 2. The second kappa shape index (κ2) is 10.3. The molecular formula is C23H33N3O4. The second-order valence-corrected chi connectivity index (χ2v) is 7.91. The van der Waals surface area contributed by atoms with Gasteiger partial charge in [-0.25, -0.2) is 4.68 Å². The Balaban J connectivity index is 2.00. The average molecular weight is 416 g/mol. The van der Waals surface area contributed by atoms with Crippen LogP contribution >= 0.6 is 0 Å². The fraction of sp³-hybridized carbons (Fsp3) is 0.522. The van der Waals surface area contributed by atoms with Crippen LogP contribution in [0.5, 0.6) is 5.75 Å². The zero-order valence-electron chi connectivity index (χ0n) is 19.1. The molecule has 0 radical (unpaired) electrons. The first-order chi connectivity index (χ1) is 14.1. The van der Waals surface area contributed by atoms with Gasteiger partial charge in [0.25, 0.3) is 5.91 Å². The molecule has 1 aromatic heterocycles. The van der Waals surface area contributed by atoms with E-state index in [2.05, 4.69) is 5.10 Å². The lowest BCUT2D eigenvalue weighted by Crippen LogP contribution is -2.44. The predicted molar refractivity (Wildman–Crippen MR) is 116 cm³/mol. The van der Waals surface area contributed by atoms with Crippen LogP contribution < -0.4 is 4.74 Å². The van der Waals surface area contributed by atoms with Crippen molar-refractivity contribution in [1.29, 1.82) is 0 Å². The number of esters is 1. The SMILES string of the molecule is COc1cccc(-n2nc(C)c(CCC(=O)OCC(=O)N(C(C)C)C(C)C)c2C)c1.